The van der Waals surface area contributed by atoms with Gasteiger partial charge < -0.3 is 14.8 Å². The summed E-state index contributed by atoms with van der Waals surface area (Å²) in [4.78, 5) is 17.5. The topological polar surface area (TPSA) is 94.6 Å². The molecule has 158 valence electrons. The average Bonchev–Trinajstić information content (AvgIpc) is 2.77. The molecule has 7 nitrogen and oxygen atoms in total. The number of ether oxygens (including phenoxy) is 2. The van der Waals surface area contributed by atoms with Gasteiger partial charge in [0.15, 0.2) is 21.3 Å². The van der Waals surface area contributed by atoms with Crippen molar-refractivity contribution < 1.29 is 22.7 Å². The molecule has 0 radical (unpaired) electrons. The van der Waals surface area contributed by atoms with Crippen molar-refractivity contribution >= 4 is 26.6 Å². The molecule has 0 unspecified atom stereocenters. The summed E-state index contributed by atoms with van der Waals surface area (Å²) in [6, 6.07) is 14.4. The van der Waals surface area contributed by atoms with Crippen molar-refractivity contribution in [3.63, 3.8) is 0 Å². The Bertz CT molecular complexity index is 1180. The molecular weight excluding hydrogens is 404 g/mol. The molecule has 1 aromatic heterocycles. The lowest BCUT2D eigenvalue weighted by molar-refractivity contribution is 0.0957. The summed E-state index contributed by atoms with van der Waals surface area (Å²) in [6.45, 7) is 1.64. The van der Waals surface area contributed by atoms with E-state index in [1.54, 1.807) is 39.3 Å². The van der Waals surface area contributed by atoms with Crippen LogP contribution in [0.4, 0.5) is 0 Å². The van der Waals surface area contributed by atoms with E-state index in [0.717, 1.165) is 5.56 Å². The number of benzene rings is 2. The number of sulfone groups is 1. The minimum Gasteiger partial charge on any atom is -0.493 e. The van der Waals surface area contributed by atoms with Crippen molar-refractivity contribution in [3.05, 3.63) is 54.1 Å². The summed E-state index contributed by atoms with van der Waals surface area (Å²) >= 11 is 0. The van der Waals surface area contributed by atoms with Crippen molar-refractivity contribution in [2.45, 2.75) is 6.92 Å². The van der Waals surface area contributed by atoms with Crippen LogP contribution in [0.5, 0.6) is 11.5 Å². The quantitative estimate of drug-likeness (QED) is 0.593. The second-order valence-electron chi connectivity index (χ2n) is 6.63. The number of carbonyl (C=O) groups excluding carboxylic acids is 1. The molecular formula is C22H24N2O5S. The highest BCUT2D eigenvalue weighted by Crippen LogP contribution is 2.33. The molecule has 0 aliphatic heterocycles. The van der Waals surface area contributed by atoms with Crippen LogP contribution >= 0.6 is 0 Å². The van der Waals surface area contributed by atoms with Crippen molar-refractivity contribution in [2.75, 3.05) is 32.3 Å². The lowest BCUT2D eigenvalue weighted by Gasteiger charge is -2.12. The molecule has 0 bridgehead atoms. The van der Waals surface area contributed by atoms with Crippen LogP contribution in [0.1, 0.15) is 17.3 Å². The van der Waals surface area contributed by atoms with Gasteiger partial charge in [0.2, 0.25) is 0 Å². The minimum absolute atomic E-state index is 0.0461. The van der Waals surface area contributed by atoms with Crippen molar-refractivity contribution in [2.24, 2.45) is 0 Å². The molecule has 0 saturated carbocycles. The number of pyridine rings is 1. The predicted octanol–water partition coefficient (Wildman–Crippen LogP) is 3.08. The number of fused-ring (bicyclic) bond motifs is 1. The molecule has 30 heavy (non-hydrogen) atoms. The fourth-order valence-electron chi connectivity index (χ4n) is 3.07. The second kappa shape index (κ2) is 9.13. The molecule has 8 heteroatoms. The lowest BCUT2D eigenvalue weighted by Crippen LogP contribution is -2.29. The third-order valence-electron chi connectivity index (χ3n) is 4.78. The molecule has 0 aliphatic carbocycles. The maximum atomic E-state index is 12.9. The number of hydrogen-bond acceptors (Lipinski definition) is 6. The fourth-order valence-corrected chi connectivity index (χ4v) is 3.77. The SMILES string of the molecule is CCS(=O)(=O)CCNC(=O)c1cc(-c2ccc(OC)c(OC)c2)nc2ccccc12. The molecule has 0 saturated heterocycles. The van der Waals surface area contributed by atoms with E-state index in [1.807, 2.05) is 30.3 Å². The summed E-state index contributed by atoms with van der Waals surface area (Å²) < 4.78 is 34.0. The molecule has 1 amide bonds. The van der Waals surface area contributed by atoms with Crippen LogP contribution in [0.25, 0.3) is 22.2 Å². The van der Waals surface area contributed by atoms with Gasteiger partial charge in [0.1, 0.15) is 0 Å². The van der Waals surface area contributed by atoms with Crippen LogP contribution in [0.2, 0.25) is 0 Å². The van der Waals surface area contributed by atoms with Gasteiger partial charge in [0, 0.05) is 23.2 Å². The number of methoxy groups -OCH3 is 2. The zero-order chi connectivity index (χ0) is 21.7. The number of rotatable bonds is 8. The van der Waals surface area contributed by atoms with E-state index in [1.165, 1.54) is 0 Å². The van der Waals surface area contributed by atoms with E-state index >= 15 is 0 Å². The Balaban J connectivity index is 2.00. The monoisotopic (exact) mass is 428 g/mol. The zero-order valence-electron chi connectivity index (χ0n) is 17.1. The Morgan fingerprint density at radius 1 is 1.03 bits per heavy atom. The van der Waals surface area contributed by atoms with Crippen molar-refractivity contribution in [1.82, 2.24) is 10.3 Å². The van der Waals surface area contributed by atoms with Crippen molar-refractivity contribution in [1.29, 1.82) is 0 Å². The van der Waals surface area contributed by atoms with Crippen LogP contribution in [-0.4, -0.2) is 51.6 Å². The van der Waals surface area contributed by atoms with Gasteiger partial charge in [-0.25, -0.2) is 13.4 Å². The first kappa shape index (κ1) is 21.6. The van der Waals surface area contributed by atoms with Gasteiger partial charge in [-0.05, 0) is 30.3 Å². The molecule has 0 fully saturated rings. The van der Waals surface area contributed by atoms with Gasteiger partial charge in [-0.2, -0.15) is 0 Å². The van der Waals surface area contributed by atoms with Gasteiger partial charge in [0.05, 0.1) is 36.7 Å². The van der Waals surface area contributed by atoms with Crippen LogP contribution in [0, 0.1) is 0 Å². The molecule has 3 rings (SSSR count). The van der Waals surface area contributed by atoms with E-state index in [2.05, 4.69) is 10.3 Å². The highest BCUT2D eigenvalue weighted by Gasteiger charge is 2.16. The number of aromatic nitrogens is 1. The van der Waals surface area contributed by atoms with Crippen molar-refractivity contribution in [3.8, 4) is 22.8 Å². The van der Waals surface area contributed by atoms with E-state index < -0.39 is 9.84 Å². The van der Waals surface area contributed by atoms with Gasteiger partial charge in [-0.1, -0.05) is 25.1 Å². The number of amides is 1. The summed E-state index contributed by atoms with van der Waals surface area (Å²) in [6.07, 6.45) is 0. The van der Waals surface area contributed by atoms with Gasteiger partial charge in [-0.3, -0.25) is 4.79 Å². The number of nitrogens with one attached hydrogen (secondary N) is 1. The Morgan fingerprint density at radius 2 is 1.77 bits per heavy atom. The van der Waals surface area contributed by atoms with E-state index in [4.69, 9.17) is 9.47 Å². The van der Waals surface area contributed by atoms with Gasteiger partial charge >= 0.3 is 0 Å². The maximum Gasteiger partial charge on any atom is 0.252 e. The average molecular weight is 429 g/mol. The Labute approximate surface area is 176 Å². The van der Waals surface area contributed by atoms with Crippen LogP contribution in [0.15, 0.2) is 48.5 Å². The largest absolute Gasteiger partial charge is 0.493 e. The second-order valence-corrected chi connectivity index (χ2v) is 9.11. The third-order valence-corrected chi connectivity index (χ3v) is 6.48. The molecule has 2 aromatic carbocycles. The molecule has 1 heterocycles. The summed E-state index contributed by atoms with van der Waals surface area (Å²) in [7, 11) is -0.0414. The van der Waals surface area contributed by atoms with E-state index in [0.29, 0.717) is 33.7 Å². The number of nitrogens with zero attached hydrogens (tertiary/aromatic N) is 1. The fraction of sp³-hybridized carbons (Fsp3) is 0.273. The molecule has 1 N–H and O–H groups in total. The maximum absolute atomic E-state index is 12.9. The highest BCUT2D eigenvalue weighted by molar-refractivity contribution is 7.91. The van der Waals surface area contributed by atoms with Crippen LogP contribution in [-0.2, 0) is 9.84 Å². The normalized spacial score (nSPS) is 11.3. The van der Waals surface area contributed by atoms with Crippen LogP contribution in [0.3, 0.4) is 0 Å². The molecule has 0 spiro atoms. The van der Waals surface area contributed by atoms with E-state index in [9.17, 15) is 13.2 Å². The first-order chi connectivity index (χ1) is 14.4. The summed E-state index contributed by atoms with van der Waals surface area (Å²) in [5, 5.41) is 3.40. The smallest absolute Gasteiger partial charge is 0.252 e. The first-order valence-corrected chi connectivity index (χ1v) is 11.3. The molecule has 0 aliphatic rings. The van der Waals surface area contributed by atoms with E-state index in [-0.39, 0.29) is 24.0 Å². The first-order valence-electron chi connectivity index (χ1n) is 9.49. The number of para-hydroxylation sites is 1. The highest BCUT2D eigenvalue weighted by atomic mass is 32.2. The number of hydrogen-bond donors (Lipinski definition) is 1. The zero-order valence-corrected chi connectivity index (χ0v) is 18.0. The molecule has 3 aromatic rings. The van der Waals surface area contributed by atoms with Gasteiger partial charge in [-0.15, -0.1) is 0 Å². The summed E-state index contributed by atoms with van der Waals surface area (Å²) in [5.74, 6) is 0.755. The summed E-state index contributed by atoms with van der Waals surface area (Å²) in [5.41, 5.74) is 2.46. The number of carbonyl (C=O) groups is 1. The Hall–Kier alpha value is -3.13. The minimum atomic E-state index is -3.16. The van der Waals surface area contributed by atoms with Crippen LogP contribution < -0.4 is 14.8 Å². The standard InChI is InChI=1S/C22H24N2O5S/c1-4-30(26,27)12-11-23-22(25)17-14-19(24-18-8-6-5-7-16(17)18)15-9-10-20(28-2)21(13-15)29-3/h5-10,13-14H,4,11-12H2,1-3H3,(H,23,25). The molecule has 0 atom stereocenters. The lowest BCUT2D eigenvalue weighted by atomic mass is 10.0. The Kier molecular flexibility index (Phi) is 6.56. The van der Waals surface area contributed by atoms with Gasteiger partial charge in [0.25, 0.3) is 5.91 Å². The predicted molar refractivity (Wildman–Crippen MR) is 117 cm³/mol. The Morgan fingerprint density at radius 3 is 2.47 bits per heavy atom. The third kappa shape index (κ3) is 4.71.